The molecule has 0 unspecified atom stereocenters. The first-order valence-corrected chi connectivity index (χ1v) is 17.3. The summed E-state index contributed by atoms with van der Waals surface area (Å²) in [4.78, 5) is 33.0. The van der Waals surface area contributed by atoms with Crippen LogP contribution in [0.1, 0.15) is 11.1 Å². The lowest BCUT2D eigenvalue weighted by Crippen LogP contribution is -2.40. The second kappa shape index (κ2) is 12.7. The number of fused-ring (bicyclic) bond motifs is 1. The van der Waals surface area contributed by atoms with Gasteiger partial charge in [0.15, 0.2) is 5.16 Å². The van der Waals surface area contributed by atoms with E-state index < -0.39 is 10.0 Å². The number of thioether (sulfide) groups is 1. The number of thiophene rings is 1. The Kier molecular flexibility index (Phi) is 8.70. The lowest BCUT2D eigenvalue weighted by Gasteiger charge is -2.26. The Morgan fingerprint density at radius 1 is 1.00 bits per heavy atom. The van der Waals surface area contributed by atoms with Crippen LogP contribution in [0.25, 0.3) is 26.3 Å². The van der Waals surface area contributed by atoms with Gasteiger partial charge in [0.25, 0.3) is 5.56 Å². The number of ether oxygens (including phenoxy) is 1. The van der Waals surface area contributed by atoms with Gasteiger partial charge in [-0.2, -0.15) is 4.31 Å². The van der Waals surface area contributed by atoms with Crippen LogP contribution in [0.3, 0.4) is 0 Å². The Labute approximate surface area is 263 Å². The summed E-state index contributed by atoms with van der Waals surface area (Å²) in [5.41, 5.74) is 4.36. The quantitative estimate of drug-likeness (QED) is 0.176. The third-order valence-corrected chi connectivity index (χ3v) is 11.2. The Morgan fingerprint density at radius 2 is 1.77 bits per heavy atom. The molecule has 0 saturated carbocycles. The molecular formula is C32H30N4O5S3. The molecule has 5 aromatic rings. The number of benzene rings is 3. The number of hydrogen-bond acceptors (Lipinski definition) is 8. The third kappa shape index (κ3) is 6.21. The summed E-state index contributed by atoms with van der Waals surface area (Å²) in [6.45, 7) is 5.16. The van der Waals surface area contributed by atoms with Crippen LogP contribution in [-0.4, -0.2) is 60.2 Å². The van der Waals surface area contributed by atoms with E-state index >= 15 is 0 Å². The maximum atomic E-state index is 14.0. The van der Waals surface area contributed by atoms with Gasteiger partial charge in [0.1, 0.15) is 4.70 Å². The predicted molar refractivity (Wildman–Crippen MR) is 176 cm³/mol. The molecule has 3 aromatic carbocycles. The van der Waals surface area contributed by atoms with Gasteiger partial charge in [0.05, 0.1) is 35.1 Å². The Morgan fingerprint density at radius 3 is 2.55 bits per heavy atom. The van der Waals surface area contributed by atoms with Crippen LogP contribution in [0.15, 0.2) is 93.7 Å². The van der Waals surface area contributed by atoms with Gasteiger partial charge in [-0.05, 0) is 60.9 Å². The van der Waals surface area contributed by atoms with E-state index in [1.165, 1.54) is 27.8 Å². The lowest BCUT2D eigenvalue weighted by molar-refractivity contribution is -0.113. The van der Waals surface area contributed by atoms with Crippen LogP contribution in [-0.2, 0) is 19.6 Å². The fraction of sp³-hybridized carbons (Fsp3) is 0.219. The molecule has 12 heteroatoms. The molecule has 1 amide bonds. The number of aromatic nitrogens is 2. The van der Waals surface area contributed by atoms with Crippen LogP contribution in [0.2, 0.25) is 0 Å². The molecule has 0 atom stereocenters. The molecule has 226 valence electrons. The van der Waals surface area contributed by atoms with Gasteiger partial charge in [-0.3, -0.25) is 14.2 Å². The maximum absolute atomic E-state index is 14.0. The molecule has 2 aromatic heterocycles. The number of morpholine rings is 1. The highest BCUT2D eigenvalue weighted by Gasteiger charge is 2.26. The zero-order valence-corrected chi connectivity index (χ0v) is 26.6. The first kappa shape index (κ1) is 30.2. The summed E-state index contributed by atoms with van der Waals surface area (Å²) >= 11 is 2.55. The minimum absolute atomic E-state index is 0.0427. The van der Waals surface area contributed by atoms with Crippen molar-refractivity contribution in [2.75, 3.05) is 37.4 Å². The second-order valence-electron chi connectivity index (χ2n) is 10.4. The number of hydrogen-bond donors (Lipinski definition) is 1. The maximum Gasteiger partial charge on any atom is 0.276 e. The molecule has 1 aliphatic rings. The van der Waals surface area contributed by atoms with Crippen molar-refractivity contribution in [3.8, 4) is 16.1 Å². The monoisotopic (exact) mass is 646 g/mol. The fourth-order valence-corrected chi connectivity index (χ4v) is 8.26. The van der Waals surface area contributed by atoms with Gasteiger partial charge in [0.2, 0.25) is 15.9 Å². The van der Waals surface area contributed by atoms with Crippen molar-refractivity contribution in [2.24, 2.45) is 0 Å². The Hall–Kier alpha value is -3.81. The molecule has 3 heterocycles. The van der Waals surface area contributed by atoms with Crippen molar-refractivity contribution >= 4 is 54.9 Å². The van der Waals surface area contributed by atoms with Gasteiger partial charge < -0.3 is 10.1 Å². The van der Waals surface area contributed by atoms with Gasteiger partial charge in [-0.15, -0.1) is 11.3 Å². The largest absolute Gasteiger partial charge is 0.379 e. The minimum atomic E-state index is -3.71. The highest BCUT2D eigenvalue weighted by atomic mass is 32.2. The number of rotatable bonds is 8. The summed E-state index contributed by atoms with van der Waals surface area (Å²) < 4.78 is 35.0. The molecule has 6 rings (SSSR count). The van der Waals surface area contributed by atoms with E-state index in [-0.39, 0.29) is 35.2 Å². The number of carbonyl (C=O) groups is 1. The van der Waals surface area contributed by atoms with Crippen molar-refractivity contribution in [1.82, 2.24) is 13.9 Å². The normalized spacial score (nSPS) is 14.1. The summed E-state index contributed by atoms with van der Waals surface area (Å²) in [6, 6.07) is 23.9. The Balaban J connectivity index is 1.29. The fourth-order valence-electron chi connectivity index (χ4n) is 4.97. The van der Waals surface area contributed by atoms with E-state index in [0.29, 0.717) is 40.0 Å². The second-order valence-corrected chi connectivity index (χ2v) is 14.3. The van der Waals surface area contributed by atoms with Crippen molar-refractivity contribution in [1.29, 1.82) is 0 Å². The Bertz CT molecular complexity index is 2020. The molecule has 0 aliphatic carbocycles. The molecule has 9 nitrogen and oxygen atoms in total. The number of amides is 1. The summed E-state index contributed by atoms with van der Waals surface area (Å²) in [5, 5.41) is 3.20. The van der Waals surface area contributed by atoms with E-state index in [2.05, 4.69) is 5.32 Å². The number of anilines is 1. The molecule has 44 heavy (non-hydrogen) atoms. The number of nitrogens with one attached hydrogen (secondary N) is 1. The highest BCUT2D eigenvalue weighted by Crippen LogP contribution is 2.33. The van der Waals surface area contributed by atoms with Crippen LogP contribution < -0.4 is 10.9 Å². The SMILES string of the molecule is Cc1ccc(C)c(-n2c(SCC(=O)Nc3cccc(S(=O)(=O)N4CCOCC4)c3)nc3cc(-c4ccccc4)sc3c2=O)c1. The van der Waals surface area contributed by atoms with E-state index in [1.807, 2.05) is 68.4 Å². The van der Waals surface area contributed by atoms with Crippen molar-refractivity contribution in [3.63, 3.8) is 0 Å². The van der Waals surface area contributed by atoms with Crippen LogP contribution in [0, 0.1) is 13.8 Å². The van der Waals surface area contributed by atoms with E-state index in [9.17, 15) is 18.0 Å². The van der Waals surface area contributed by atoms with Crippen LogP contribution in [0.5, 0.6) is 0 Å². The summed E-state index contributed by atoms with van der Waals surface area (Å²) in [7, 11) is -3.71. The molecule has 0 radical (unpaired) electrons. The number of sulfonamides is 1. The first-order chi connectivity index (χ1) is 21.2. The third-order valence-electron chi connectivity index (χ3n) is 7.24. The van der Waals surface area contributed by atoms with Crippen LogP contribution >= 0.6 is 23.1 Å². The molecular weight excluding hydrogens is 617 g/mol. The number of aryl methyl sites for hydroxylation is 2. The molecule has 0 spiro atoms. The van der Waals surface area contributed by atoms with Crippen molar-refractivity contribution in [2.45, 2.75) is 23.9 Å². The average Bonchev–Trinajstić information content (AvgIpc) is 3.47. The smallest absolute Gasteiger partial charge is 0.276 e. The number of carbonyl (C=O) groups excluding carboxylic acids is 1. The van der Waals surface area contributed by atoms with Crippen molar-refractivity contribution < 1.29 is 17.9 Å². The molecule has 1 fully saturated rings. The standard InChI is InChI=1S/C32H30N4O5S3/c1-21-11-12-22(2)27(17-21)36-31(38)30-26(19-28(43-30)23-7-4-3-5-8-23)34-32(36)42-20-29(37)33-24-9-6-10-25(18-24)44(39,40)35-13-15-41-16-14-35/h3-12,17-19H,13-16,20H2,1-2H3,(H,33,37). The summed E-state index contributed by atoms with van der Waals surface area (Å²) in [6.07, 6.45) is 0. The minimum Gasteiger partial charge on any atom is -0.379 e. The zero-order chi connectivity index (χ0) is 30.8. The van der Waals surface area contributed by atoms with Gasteiger partial charge >= 0.3 is 0 Å². The predicted octanol–water partition coefficient (Wildman–Crippen LogP) is 5.48. The lowest BCUT2D eigenvalue weighted by atomic mass is 10.1. The van der Waals surface area contributed by atoms with Crippen molar-refractivity contribution in [3.05, 3.63) is 100 Å². The first-order valence-electron chi connectivity index (χ1n) is 14.0. The van der Waals surface area contributed by atoms with Gasteiger partial charge in [0, 0.05) is 23.7 Å². The van der Waals surface area contributed by atoms with Gasteiger partial charge in [-0.25, -0.2) is 13.4 Å². The van der Waals surface area contributed by atoms with E-state index in [0.717, 1.165) is 33.3 Å². The molecule has 1 N–H and O–H groups in total. The molecule has 1 saturated heterocycles. The average molecular weight is 647 g/mol. The molecule has 0 bridgehead atoms. The topological polar surface area (TPSA) is 111 Å². The summed E-state index contributed by atoms with van der Waals surface area (Å²) in [5.74, 6) is -0.396. The number of nitrogens with zero attached hydrogens (tertiary/aromatic N) is 3. The van der Waals surface area contributed by atoms with Crippen LogP contribution in [0.4, 0.5) is 5.69 Å². The van der Waals surface area contributed by atoms with E-state index in [1.54, 1.807) is 16.7 Å². The zero-order valence-electron chi connectivity index (χ0n) is 24.1. The highest BCUT2D eigenvalue weighted by molar-refractivity contribution is 7.99. The van der Waals surface area contributed by atoms with Gasteiger partial charge in [-0.1, -0.05) is 60.3 Å². The van der Waals surface area contributed by atoms with E-state index in [4.69, 9.17) is 9.72 Å². The molecule has 1 aliphatic heterocycles.